The highest BCUT2D eigenvalue weighted by molar-refractivity contribution is 5.95. The molecule has 162 valence electrons. The Morgan fingerprint density at radius 1 is 1.16 bits per heavy atom. The molecule has 0 bridgehead atoms. The summed E-state index contributed by atoms with van der Waals surface area (Å²) in [5, 5.41) is 4.30. The smallest absolute Gasteiger partial charge is 0.259 e. The van der Waals surface area contributed by atoms with Crippen molar-refractivity contribution < 1.29 is 9.13 Å². The first-order chi connectivity index (χ1) is 15.6. The van der Waals surface area contributed by atoms with E-state index < -0.39 is 0 Å². The summed E-state index contributed by atoms with van der Waals surface area (Å²) < 4.78 is 20.3. The zero-order chi connectivity index (χ0) is 22.1. The summed E-state index contributed by atoms with van der Waals surface area (Å²) in [5.74, 6) is 0.0236. The molecule has 4 aromatic rings. The zero-order valence-electron chi connectivity index (χ0n) is 17.6. The van der Waals surface area contributed by atoms with Crippen LogP contribution in [0.2, 0.25) is 0 Å². The molecule has 0 atom stereocenters. The fourth-order valence-electron chi connectivity index (χ4n) is 3.96. The standard InChI is InChI=1S/C24H22FN5O2/c1-15-4-6-26-14-18(15)20-12-16-5-7-27-24(31)22(16)23(29-20)28-17-2-3-21(19(25)13-17)30-8-10-32-11-9-30/h2-7,12-14H,8-11H2,1H3,(H,27,31)(H,28,29). The Morgan fingerprint density at radius 2 is 2.00 bits per heavy atom. The number of hydrogen-bond donors (Lipinski definition) is 2. The third-order valence-electron chi connectivity index (χ3n) is 5.63. The molecule has 2 N–H and O–H groups in total. The largest absolute Gasteiger partial charge is 0.378 e. The minimum Gasteiger partial charge on any atom is -0.378 e. The van der Waals surface area contributed by atoms with Crippen molar-refractivity contribution in [3.05, 3.63) is 76.7 Å². The van der Waals surface area contributed by atoms with E-state index in [9.17, 15) is 9.18 Å². The quantitative estimate of drug-likeness (QED) is 0.508. The molecule has 3 aromatic heterocycles. The maximum atomic E-state index is 14.9. The molecule has 1 aliphatic rings. The van der Waals surface area contributed by atoms with Crippen LogP contribution in [0.1, 0.15) is 5.56 Å². The number of rotatable bonds is 4. The average molecular weight is 431 g/mol. The average Bonchev–Trinajstić information content (AvgIpc) is 2.80. The van der Waals surface area contributed by atoms with E-state index in [1.54, 1.807) is 30.7 Å². The molecule has 1 aromatic carbocycles. The van der Waals surface area contributed by atoms with Gasteiger partial charge in [0.15, 0.2) is 0 Å². The van der Waals surface area contributed by atoms with Gasteiger partial charge in [-0.05, 0) is 54.3 Å². The Morgan fingerprint density at radius 3 is 2.78 bits per heavy atom. The van der Waals surface area contributed by atoms with Crippen molar-refractivity contribution >= 4 is 28.0 Å². The highest BCUT2D eigenvalue weighted by atomic mass is 19.1. The van der Waals surface area contributed by atoms with Crippen LogP contribution in [0.15, 0.2) is 59.8 Å². The van der Waals surface area contributed by atoms with Crippen LogP contribution in [0.3, 0.4) is 0 Å². The van der Waals surface area contributed by atoms with E-state index in [1.807, 2.05) is 30.0 Å². The van der Waals surface area contributed by atoms with Gasteiger partial charge in [-0.15, -0.1) is 0 Å². The number of aromatic nitrogens is 3. The van der Waals surface area contributed by atoms with E-state index in [2.05, 4.69) is 15.3 Å². The van der Waals surface area contributed by atoms with E-state index in [0.717, 1.165) is 16.5 Å². The topological polar surface area (TPSA) is 83.1 Å². The minimum absolute atomic E-state index is 0.266. The lowest BCUT2D eigenvalue weighted by atomic mass is 10.1. The maximum Gasteiger partial charge on any atom is 0.259 e. The zero-order valence-corrected chi connectivity index (χ0v) is 17.6. The van der Waals surface area contributed by atoms with Gasteiger partial charge in [0.25, 0.3) is 5.56 Å². The van der Waals surface area contributed by atoms with Gasteiger partial charge in [0.1, 0.15) is 11.6 Å². The van der Waals surface area contributed by atoms with Crippen molar-refractivity contribution in [1.82, 2.24) is 15.0 Å². The van der Waals surface area contributed by atoms with Gasteiger partial charge in [0.05, 0.1) is 30.0 Å². The molecule has 0 amide bonds. The molecular formula is C24H22FN5O2. The normalized spacial score (nSPS) is 14.0. The first-order valence-electron chi connectivity index (χ1n) is 10.4. The molecule has 0 radical (unpaired) electrons. The third-order valence-corrected chi connectivity index (χ3v) is 5.63. The molecule has 0 unspecified atom stereocenters. The number of halogens is 1. The van der Waals surface area contributed by atoms with Crippen LogP contribution in [0.25, 0.3) is 22.0 Å². The lowest BCUT2D eigenvalue weighted by molar-refractivity contribution is 0.122. The highest BCUT2D eigenvalue weighted by Gasteiger charge is 2.17. The Balaban J connectivity index is 1.57. The molecule has 8 heteroatoms. The summed E-state index contributed by atoms with van der Waals surface area (Å²) in [6.45, 7) is 4.44. The highest BCUT2D eigenvalue weighted by Crippen LogP contribution is 2.30. The van der Waals surface area contributed by atoms with Crippen LogP contribution in [-0.2, 0) is 4.74 Å². The van der Waals surface area contributed by atoms with Crippen LogP contribution in [-0.4, -0.2) is 41.3 Å². The predicted octanol–water partition coefficient (Wildman–Crippen LogP) is 4.01. The monoisotopic (exact) mass is 431 g/mol. The number of fused-ring (bicyclic) bond motifs is 1. The molecule has 0 saturated carbocycles. The number of aryl methyl sites for hydroxylation is 1. The van der Waals surface area contributed by atoms with Crippen molar-refractivity contribution in [3.63, 3.8) is 0 Å². The molecule has 0 aliphatic carbocycles. The lowest BCUT2D eigenvalue weighted by Crippen LogP contribution is -2.36. The third kappa shape index (κ3) is 3.80. The Labute approximate surface area is 183 Å². The molecule has 4 heterocycles. The van der Waals surface area contributed by atoms with Crippen LogP contribution in [0, 0.1) is 12.7 Å². The van der Waals surface area contributed by atoms with Crippen molar-refractivity contribution in [2.75, 3.05) is 36.5 Å². The maximum absolute atomic E-state index is 14.9. The molecule has 1 aliphatic heterocycles. The summed E-state index contributed by atoms with van der Waals surface area (Å²) >= 11 is 0. The number of nitrogens with one attached hydrogen (secondary N) is 2. The first-order valence-corrected chi connectivity index (χ1v) is 10.4. The number of ether oxygens (including phenoxy) is 1. The number of benzene rings is 1. The summed E-state index contributed by atoms with van der Waals surface area (Å²) in [7, 11) is 0. The summed E-state index contributed by atoms with van der Waals surface area (Å²) in [4.78, 5) is 26.2. The second kappa shape index (κ2) is 8.39. The summed E-state index contributed by atoms with van der Waals surface area (Å²) in [6.07, 6.45) is 5.07. The van der Waals surface area contributed by atoms with Gasteiger partial charge in [-0.25, -0.2) is 9.37 Å². The number of morpholine rings is 1. The van der Waals surface area contributed by atoms with Crippen molar-refractivity contribution in [2.45, 2.75) is 6.92 Å². The molecule has 1 fully saturated rings. The number of hydrogen-bond acceptors (Lipinski definition) is 6. The number of aromatic amines is 1. The van der Waals surface area contributed by atoms with Crippen molar-refractivity contribution in [1.29, 1.82) is 0 Å². The van der Waals surface area contributed by atoms with Gasteiger partial charge in [-0.3, -0.25) is 9.78 Å². The fourth-order valence-corrected chi connectivity index (χ4v) is 3.96. The fraction of sp³-hybridized carbons (Fsp3) is 0.208. The van der Waals surface area contributed by atoms with Crippen LogP contribution >= 0.6 is 0 Å². The molecule has 32 heavy (non-hydrogen) atoms. The SMILES string of the molecule is Cc1ccncc1-c1cc2cc[nH]c(=O)c2c(Nc2ccc(N3CCOCC3)c(F)c2)n1. The van der Waals surface area contributed by atoms with E-state index in [-0.39, 0.29) is 11.4 Å². The van der Waals surface area contributed by atoms with Gasteiger partial charge >= 0.3 is 0 Å². The van der Waals surface area contributed by atoms with Gasteiger partial charge in [0.2, 0.25) is 0 Å². The number of H-pyrrole nitrogens is 1. The van der Waals surface area contributed by atoms with E-state index in [4.69, 9.17) is 9.72 Å². The van der Waals surface area contributed by atoms with Crippen LogP contribution in [0.4, 0.5) is 21.6 Å². The number of nitrogens with zero attached hydrogens (tertiary/aromatic N) is 3. The first kappa shape index (κ1) is 20.1. The van der Waals surface area contributed by atoms with Gasteiger partial charge in [0, 0.05) is 42.9 Å². The second-order valence-electron chi connectivity index (χ2n) is 7.71. The van der Waals surface area contributed by atoms with E-state index in [0.29, 0.717) is 54.6 Å². The molecule has 0 spiro atoms. The minimum atomic E-state index is -0.339. The van der Waals surface area contributed by atoms with Crippen LogP contribution in [0.5, 0.6) is 0 Å². The molecule has 1 saturated heterocycles. The number of anilines is 3. The van der Waals surface area contributed by atoms with Crippen LogP contribution < -0.4 is 15.8 Å². The second-order valence-corrected chi connectivity index (χ2v) is 7.71. The van der Waals surface area contributed by atoms with Gasteiger partial charge < -0.3 is 19.9 Å². The predicted molar refractivity (Wildman–Crippen MR) is 123 cm³/mol. The van der Waals surface area contributed by atoms with Gasteiger partial charge in [-0.2, -0.15) is 0 Å². The summed E-state index contributed by atoms with van der Waals surface area (Å²) in [6, 6.07) is 10.6. The van der Waals surface area contributed by atoms with E-state index in [1.165, 1.54) is 6.07 Å². The molecular weight excluding hydrogens is 409 g/mol. The molecule has 5 rings (SSSR count). The van der Waals surface area contributed by atoms with Crippen molar-refractivity contribution in [3.8, 4) is 11.3 Å². The molecule has 7 nitrogen and oxygen atoms in total. The Hall–Kier alpha value is -3.78. The van der Waals surface area contributed by atoms with Gasteiger partial charge in [-0.1, -0.05) is 0 Å². The Kier molecular flexibility index (Phi) is 5.28. The lowest BCUT2D eigenvalue weighted by Gasteiger charge is -2.29. The van der Waals surface area contributed by atoms with E-state index >= 15 is 0 Å². The Bertz CT molecular complexity index is 1350. The number of pyridine rings is 3. The van der Waals surface area contributed by atoms with Crippen molar-refractivity contribution in [2.24, 2.45) is 0 Å². The summed E-state index contributed by atoms with van der Waals surface area (Å²) in [5.41, 5.74) is 3.35.